The van der Waals surface area contributed by atoms with Crippen molar-refractivity contribution < 1.29 is 27.2 Å². The molecule has 28 heavy (non-hydrogen) atoms. The lowest BCUT2D eigenvalue weighted by Crippen LogP contribution is -2.34. The lowest BCUT2D eigenvalue weighted by atomic mass is 10.1. The summed E-state index contributed by atoms with van der Waals surface area (Å²) in [6.45, 7) is 2.08. The Hall–Kier alpha value is -2.42. The fourth-order valence-electron chi connectivity index (χ4n) is 2.94. The van der Waals surface area contributed by atoms with E-state index in [9.17, 15) is 22.8 Å². The maximum absolute atomic E-state index is 13.0. The summed E-state index contributed by atoms with van der Waals surface area (Å²) in [6, 6.07) is 8.41. The molecule has 2 unspecified atom stereocenters. The second-order valence-corrected chi connectivity index (χ2v) is 7.82. The quantitative estimate of drug-likeness (QED) is 0.780. The highest BCUT2D eigenvalue weighted by Gasteiger charge is 2.39. The maximum atomic E-state index is 13.0. The van der Waals surface area contributed by atoms with Gasteiger partial charge in [-0.15, -0.1) is 11.8 Å². The lowest BCUT2D eigenvalue weighted by Gasteiger charge is -2.24. The van der Waals surface area contributed by atoms with Gasteiger partial charge in [0.25, 0.3) is 0 Å². The van der Waals surface area contributed by atoms with Crippen LogP contribution in [-0.2, 0) is 22.3 Å². The van der Waals surface area contributed by atoms with E-state index in [-0.39, 0.29) is 36.6 Å². The molecule has 2 aromatic rings. The maximum Gasteiger partial charge on any atom is 0.416 e. The number of hydrogen-bond acceptors (Lipinski definition) is 4. The molecule has 1 aromatic carbocycles. The zero-order chi connectivity index (χ0) is 20.3. The van der Waals surface area contributed by atoms with Crippen molar-refractivity contribution >= 4 is 23.6 Å². The molecular formula is C19H19F3N2O3S. The summed E-state index contributed by atoms with van der Waals surface area (Å²) in [4.78, 5) is 26.0. The monoisotopic (exact) mass is 412 g/mol. The van der Waals surface area contributed by atoms with Crippen molar-refractivity contribution in [2.75, 3.05) is 6.54 Å². The zero-order valence-electron chi connectivity index (χ0n) is 15.0. The number of nitrogens with one attached hydrogen (secondary N) is 1. The van der Waals surface area contributed by atoms with Gasteiger partial charge in [0, 0.05) is 13.0 Å². The largest absolute Gasteiger partial charge is 0.467 e. The average Bonchev–Trinajstić information content (AvgIpc) is 3.27. The summed E-state index contributed by atoms with van der Waals surface area (Å²) >= 11 is 1.28. The van der Waals surface area contributed by atoms with Gasteiger partial charge < -0.3 is 14.6 Å². The normalized spacial score (nSPS) is 19.9. The number of benzene rings is 1. The molecule has 0 spiro atoms. The van der Waals surface area contributed by atoms with Crippen LogP contribution in [0.2, 0.25) is 0 Å². The van der Waals surface area contributed by atoms with Crippen molar-refractivity contribution in [2.24, 2.45) is 0 Å². The molecule has 3 rings (SSSR count). The van der Waals surface area contributed by atoms with Crippen LogP contribution in [0.3, 0.4) is 0 Å². The minimum absolute atomic E-state index is 0.0508. The first kappa shape index (κ1) is 20.3. The van der Waals surface area contributed by atoms with Gasteiger partial charge in [-0.1, -0.05) is 12.1 Å². The van der Waals surface area contributed by atoms with Gasteiger partial charge in [0.15, 0.2) is 0 Å². The minimum Gasteiger partial charge on any atom is -0.467 e. The highest BCUT2D eigenvalue weighted by atomic mass is 32.2. The molecule has 2 atom stereocenters. The fraction of sp³-hybridized carbons (Fsp3) is 0.368. The third-order valence-corrected chi connectivity index (χ3v) is 5.76. The van der Waals surface area contributed by atoms with Crippen LogP contribution in [0.15, 0.2) is 47.1 Å². The number of hydrogen-bond donors (Lipinski definition) is 1. The molecule has 1 aliphatic heterocycles. The van der Waals surface area contributed by atoms with E-state index in [4.69, 9.17) is 4.42 Å². The molecule has 1 aromatic heterocycles. The Bertz CT molecular complexity index is 839. The zero-order valence-corrected chi connectivity index (χ0v) is 15.8. The number of rotatable bonds is 6. The number of amides is 2. The molecule has 1 saturated heterocycles. The SMILES string of the molecule is CC1SC(c2cccc(C(F)(F)F)c2)N(CCC(=O)NCc2ccco2)C1=O. The highest BCUT2D eigenvalue weighted by Crippen LogP contribution is 2.44. The molecule has 150 valence electrons. The van der Waals surface area contributed by atoms with Crippen molar-refractivity contribution in [1.82, 2.24) is 10.2 Å². The number of halogens is 3. The lowest BCUT2D eigenvalue weighted by molar-refractivity contribution is -0.137. The van der Waals surface area contributed by atoms with Gasteiger partial charge in [-0.3, -0.25) is 9.59 Å². The van der Waals surface area contributed by atoms with Crippen LogP contribution in [0, 0.1) is 0 Å². The molecule has 1 fully saturated rings. The van der Waals surface area contributed by atoms with Gasteiger partial charge in [-0.25, -0.2) is 0 Å². The number of carbonyl (C=O) groups is 2. The first-order chi connectivity index (χ1) is 13.3. The number of alkyl halides is 3. The Morgan fingerprint density at radius 2 is 2.07 bits per heavy atom. The van der Waals surface area contributed by atoms with Crippen molar-refractivity contribution in [3.05, 3.63) is 59.5 Å². The second-order valence-electron chi connectivity index (χ2n) is 6.39. The fourth-order valence-corrected chi connectivity index (χ4v) is 4.24. The first-order valence-corrected chi connectivity index (χ1v) is 9.62. The van der Waals surface area contributed by atoms with Crippen molar-refractivity contribution in [3.63, 3.8) is 0 Å². The van der Waals surface area contributed by atoms with E-state index >= 15 is 0 Å². The van der Waals surface area contributed by atoms with Gasteiger partial charge in [0.2, 0.25) is 11.8 Å². The minimum atomic E-state index is -4.45. The van der Waals surface area contributed by atoms with Crippen LogP contribution in [0.4, 0.5) is 13.2 Å². The van der Waals surface area contributed by atoms with E-state index < -0.39 is 17.1 Å². The summed E-state index contributed by atoms with van der Waals surface area (Å²) in [5.74, 6) is 0.152. The Morgan fingerprint density at radius 1 is 1.29 bits per heavy atom. The smallest absolute Gasteiger partial charge is 0.416 e. The third kappa shape index (κ3) is 4.70. The predicted molar refractivity (Wildman–Crippen MR) is 98.1 cm³/mol. The summed E-state index contributed by atoms with van der Waals surface area (Å²) in [6.07, 6.45) is -2.90. The Labute approximate surface area is 164 Å². The topological polar surface area (TPSA) is 62.6 Å². The van der Waals surface area contributed by atoms with Crippen LogP contribution < -0.4 is 5.32 Å². The van der Waals surface area contributed by atoms with E-state index in [1.165, 1.54) is 29.0 Å². The molecule has 0 radical (unpaired) electrons. The molecular weight excluding hydrogens is 393 g/mol. The summed E-state index contributed by atoms with van der Waals surface area (Å²) < 4.78 is 44.2. The van der Waals surface area contributed by atoms with E-state index in [1.54, 1.807) is 25.1 Å². The molecule has 2 amide bonds. The van der Waals surface area contributed by atoms with Gasteiger partial charge >= 0.3 is 6.18 Å². The Balaban J connectivity index is 1.66. The molecule has 9 heteroatoms. The van der Waals surface area contributed by atoms with Gasteiger partial charge in [-0.2, -0.15) is 13.2 Å². The third-order valence-electron chi connectivity index (χ3n) is 4.37. The van der Waals surface area contributed by atoms with Crippen LogP contribution in [0.25, 0.3) is 0 Å². The van der Waals surface area contributed by atoms with Crippen molar-refractivity contribution in [3.8, 4) is 0 Å². The Kier molecular flexibility index (Phi) is 6.02. The number of nitrogens with zero attached hydrogens (tertiary/aromatic N) is 1. The van der Waals surface area contributed by atoms with E-state index in [1.807, 2.05) is 0 Å². The standard InChI is InChI=1S/C19H19F3N2O3S/c1-12-17(26)24(8-7-16(25)23-11-15-6-3-9-27-15)18(28-12)13-4-2-5-14(10-13)19(20,21)22/h2-6,9-10,12,18H,7-8,11H2,1H3,(H,23,25). The van der Waals surface area contributed by atoms with E-state index in [0.29, 0.717) is 11.3 Å². The van der Waals surface area contributed by atoms with Crippen LogP contribution in [0.5, 0.6) is 0 Å². The molecule has 0 aliphatic carbocycles. The van der Waals surface area contributed by atoms with E-state index in [2.05, 4.69) is 5.32 Å². The predicted octanol–water partition coefficient (Wildman–Crippen LogP) is 3.97. The molecule has 5 nitrogen and oxygen atoms in total. The van der Waals surface area contributed by atoms with Crippen LogP contribution in [-0.4, -0.2) is 28.5 Å². The highest BCUT2D eigenvalue weighted by molar-refractivity contribution is 8.01. The summed E-state index contributed by atoms with van der Waals surface area (Å²) in [7, 11) is 0. The number of carbonyl (C=O) groups excluding carboxylic acids is 2. The van der Waals surface area contributed by atoms with Gasteiger partial charge in [-0.05, 0) is 36.8 Å². The van der Waals surface area contributed by atoms with Gasteiger partial charge in [0.1, 0.15) is 11.1 Å². The van der Waals surface area contributed by atoms with Gasteiger partial charge in [0.05, 0.1) is 23.6 Å². The molecule has 0 saturated carbocycles. The summed E-state index contributed by atoms with van der Waals surface area (Å²) in [5, 5.41) is 1.76. The van der Waals surface area contributed by atoms with E-state index in [0.717, 1.165) is 12.1 Å². The molecule has 1 aliphatic rings. The second kappa shape index (κ2) is 8.30. The molecule has 1 N–H and O–H groups in total. The molecule has 2 heterocycles. The van der Waals surface area contributed by atoms with Crippen LogP contribution in [0.1, 0.15) is 35.6 Å². The number of thioether (sulfide) groups is 1. The average molecular weight is 412 g/mol. The molecule has 0 bridgehead atoms. The Morgan fingerprint density at radius 3 is 2.75 bits per heavy atom. The summed E-state index contributed by atoms with van der Waals surface area (Å²) in [5.41, 5.74) is -0.359. The van der Waals surface area contributed by atoms with Crippen LogP contribution >= 0.6 is 11.8 Å². The number of furan rings is 1. The first-order valence-electron chi connectivity index (χ1n) is 8.68. The van der Waals surface area contributed by atoms with Crippen molar-refractivity contribution in [1.29, 1.82) is 0 Å². The van der Waals surface area contributed by atoms with Crippen molar-refractivity contribution in [2.45, 2.75) is 36.7 Å².